The predicted octanol–water partition coefficient (Wildman–Crippen LogP) is 0.595. The summed E-state index contributed by atoms with van der Waals surface area (Å²) in [5, 5.41) is 3.21. The van der Waals surface area contributed by atoms with Crippen molar-refractivity contribution in [2.45, 2.75) is 31.5 Å². The van der Waals surface area contributed by atoms with Crippen LogP contribution in [0.3, 0.4) is 0 Å². The lowest BCUT2D eigenvalue weighted by Crippen LogP contribution is -2.40. The van der Waals surface area contributed by atoms with Crippen LogP contribution in [0.4, 0.5) is 0 Å². The Morgan fingerprint density at radius 3 is 2.69 bits per heavy atom. The molecular formula is C12H17N3O. The molecule has 4 heteroatoms. The molecule has 0 bridgehead atoms. The molecule has 1 aliphatic rings. The van der Waals surface area contributed by atoms with Gasteiger partial charge in [0.05, 0.1) is 6.04 Å². The second-order valence-corrected chi connectivity index (χ2v) is 4.31. The quantitative estimate of drug-likeness (QED) is 0.696. The zero-order valence-corrected chi connectivity index (χ0v) is 9.31. The number of fused-ring (bicyclic) bond motifs is 1. The summed E-state index contributed by atoms with van der Waals surface area (Å²) in [5.74, 6) is -0.335. The van der Waals surface area contributed by atoms with Gasteiger partial charge in [0.1, 0.15) is 0 Å². The van der Waals surface area contributed by atoms with Crippen LogP contribution >= 0.6 is 0 Å². The Bertz CT molecular complexity index is 405. The van der Waals surface area contributed by atoms with Gasteiger partial charge in [-0.25, -0.2) is 0 Å². The molecule has 86 valence electrons. The average molecular weight is 219 g/mol. The molecule has 3 unspecified atom stereocenters. The van der Waals surface area contributed by atoms with Crippen LogP contribution in [-0.2, 0) is 4.79 Å². The second kappa shape index (κ2) is 4.23. The number of hydrogen-bond donors (Lipinski definition) is 3. The minimum absolute atomic E-state index is 0.0498. The standard InChI is InChI=1S/C12H17N3O/c1-7(12(14)16)15-11-6-10(13)8-4-2-3-5-9(8)11/h2-5,7,10-11,15H,6,13H2,1H3,(H2,14,16). The molecule has 0 spiro atoms. The van der Waals surface area contributed by atoms with E-state index < -0.39 is 0 Å². The third-order valence-electron chi connectivity index (χ3n) is 3.14. The Morgan fingerprint density at radius 1 is 1.44 bits per heavy atom. The van der Waals surface area contributed by atoms with Crippen molar-refractivity contribution < 1.29 is 4.79 Å². The number of nitrogens with one attached hydrogen (secondary N) is 1. The van der Waals surface area contributed by atoms with Crippen LogP contribution in [0.2, 0.25) is 0 Å². The van der Waals surface area contributed by atoms with E-state index in [2.05, 4.69) is 5.32 Å². The van der Waals surface area contributed by atoms with Gasteiger partial charge in [-0.05, 0) is 24.5 Å². The lowest BCUT2D eigenvalue weighted by Gasteiger charge is -2.17. The molecule has 16 heavy (non-hydrogen) atoms. The number of nitrogens with two attached hydrogens (primary N) is 2. The summed E-state index contributed by atoms with van der Waals surface area (Å²) < 4.78 is 0. The minimum Gasteiger partial charge on any atom is -0.368 e. The molecule has 1 aliphatic carbocycles. The lowest BCUT2D eigenvalue weighted by molar-refractivity contribution is -0.119. The maximum Gasteiger partial charge on any atom is 0.234 e. The Balaban J connectivity index is 2.18. The highest BCUT2D eigenvalue weighted by atomic mass is 16.1. The SMILES string of the molecule is CC(NC1CC(N)c2ccccc21)C(N)=O. The average Bonchev–Trinajstić information content (AvgIpc) is 2.57. The number of carbonyl (C=O) groups is 1. The lowest BCUT2D eigenvalue weighted by atomic mass is 10.1. The van der Waals surface area contributed by atoms with Crippen LogP contribution in [0.5, 0.6) is 0 Å². The first kappa shape index (κ1) is 11.1. The smallest absolute Gasteiger partial charge is 0.234 e. The van der Waals surface area contributed by atoms with E-state index in [9.17, 15) is 4.79 Å². The first-order valence-electron chi connectivity index (χ1n) is 5.49. The number of carbonyl (C=O) groups excluding carboxylic acids is 1. The first-order chi connectivity index (χ1) is 7.59. The molecule has 0 aliphatic heterocycles. The van der Waals surface area contributed by atoms with E-state index in [1.165, 1.54) is 5.56 Å². The van der Waals surface area contributed by atoms with Gasteiger partial charge in [0.25, 0.3) is 0 Å². The Morgan fingerprint density at radius 2 is 2.06 bits per heavy atom. The van der Waals surface area contributed by atoms with E-state index in [0.717, 1.165) is 12.0 Å². The largest absolute Gasteiger partial charge is 0.368 e. The summed E-state index contributed by atoms with van der Waals surface area (Å²) in [7, 11) is 0. The topological polar surface area (TPSA) is 81.1 Å². The van der Waals surface area contributed by atoms with E-state index in [0.29, 0.717) is 0 Å². The summed E-state index contributed by atoms with van der Waals surface area (Å²) in [6, 6.07) is 7.91. The van der Waals surface area contributed by atoms with Crippen LogP contribution < -0.4 is 16.8 Å². The highest BCUT2D eigenvalue weighted by Gasteiger charge is 2.29. The normalized spacial score (nSPS) is 25.1. The molecular weight excluding hydrogens is 202 g/mol. The van der Waals surface area contributed by atoms with Gasteiger partial charge in [0.2, 0.25) is 5.91 Å². The minimum atomic E-state index is -0.335. The van der Waals surface area contributed by atoms with Crippen molar-refractivity contribution in [3.8, 4) is 0 Å². The van der Waals surface area contributed by atoms with Crippen LogP contribution in [0.25, 0.3) is 0 Å². The van der Waals surface area contributed by atoms with E-state index >= 15 is 0 Å². The summed E-state index contributed by atoms with van der Waals surface area (Å²) >= 11 is 0. The molecule has 5 N–H and O–H groups in total. The van der Waals surface area contributed by atoms with Crippen molar-refractivity contribution in [2.75, 3.05) is 0 Å². The molecule has 0 saturated heterocycles. The number of amides is 1. The van der Waals surface area contributed by atoms with Crippen molar-refractivity contribution in [1.82, 2.24) is 5.32 Å². The molecule has 0 heterocycles. The van der Waals surface area contributed by atoms with Gasteiger partial charge in [-0.1, -0.05) is 24.3 Å². The molecule has 1 aromatic carbocycles. The van der Waals surface area contributed by atoms with Gasteiger partial charge in [-0.3, -0.25) is 10.1 Å². The zero-order chi connectivity index (χ0) is 11.7. The van der Waals surface area contributed by atoms with Crippen LogP contribution in [0.15, 0.2) is 24.3 Å². The van der Waals surface area contributed by atoms with E-state index in [-0.39, 0.29) is 24.0 Å². The molecule has 0 aromatic heterocycles. The van der Waals surface area contributed by atoms with Gasteiger partial charge in [0, 0.05) is 12.1 Å². The zero-order valence-electron chi connectivity index (χ0n) is 9.31. The van der Waals surface area contributed by atoms with Crippen LogP contribution in [0, 0.1) is 0 Å². The van der Waals surface area contributed by atoms with Gasteiger partial charge in [0.15, 0.2) is 0 Å². The molecule has 2 rings (SSSR count). The fourth-order valence-corrected chi connectivity index (χ4v) is 2.22. The predicted molar refractivity (Wildman–Crippen MR) is 62.5 cm³/mol. The molecule has 4 nitrogen and oxygen atoms in total. The molecule has 3 atom stereocenters. The van der Waals surface area contributed by atoms with Crippen molar-refractivity contribution in [3.63, 3.8) is 0 Å². The summed E-state index contributed by atoms with van der Waals surface area (Å²) in [6.07, 6.45) is 0.816. The van der Waals surface area contributed by atoms with Gasteiger partial charge < -0.3 is 11.5 Å². The summed E-state index contributed by atoms with van der Waals surface area (Å²) in [5.41, 5.74) is 13.6. The van der Waals surface area contributed by atoms with Crippen LogP contribution in [-0.4, -0.2) is 11.9 Å². The van der Waals surface area contributed by atoms with Crippen molar-refractivity contribution in [1.29, 1.82) is 0 Å². The number of hydrogen-bond acceptors (Lipinski definition) is 3. The van der Waals surface area contributed by atoms with Crippen LogP contribution in [0.1, 0.15) is 36.6 Å². The molecule has 1 amide bonds. The Hall–Kier alpha value is -1.39. The van der Waals surface area contributed by atoms with Gasteiger partial charge in [-0.15, -0.1) is 0 Å². The Kier molecular flexibility index (Phi) is 2.94. The van der Waals surface area contributed by atoms with E-state index in [4.69, 9.17) is 11.5 Å². The third kappa shape index (κ3) is 1.94. The third-order valence-corrected chi connectivity index (χ3v) is 3.14. The summed E-state index contributed by atoms with van der Waals surface area (Å²) in [4.78, 5) is 11.0. The fourth-order valence-electron chi connectivity index (χ4n) is 2.22. The van der Waals surface area contributed by atoms with E-state index in [1.807, 2.05) is 24.3 Å². The molecule has 1 aromatic rings. The first-order valence-corrected chi connectivity index (χ1v) is 5.49. The summed E-state index contributed by atoms with van der Waals surface area (Å²) in [6.45, 7) is 1.77. The maximum absolute atomic E-state index is 11.0. The molecule has 0 radical (unpaired) electrons. The number of primary amides is 1. The second-order valence-electron chi connectivity index (χ2n) is 4.31. The number of benzene rings is 1. The highest BCUT2D eigenvalue weighted by Crippen LogP contribution is 2.37. The molecule has 0 fully saturated rings. The van der Waals surface area contributed by atoms with E-state index in [1.54, 1.807) is 6.92 Å². The Labute approximate surface area is 95.0 Å². The fraction of sp³-hybridized carbons (Fsp3) is 0.417. The monoisotopic (exact) mass is 219 g/mol. The van der Waals surface area contributed by atoms with Crippen molar-refractivity contribution in [3.05, 3.63) is 35.4 Å². The van der Waals surface area contributed by atoms with Crippen molar-refractivity contribution in [2.24, 2.45) is 11.5 Å². The maximum atomic E-state index is 11.0. The highest BCUT2D eigenvalue weighted by molar-refractivity contribution is 5.79. The molecule has 0 saturated carbocycles. The van der Waals surface area contributed by atoms with Crippen molar-refractivity contribution >= 4 is 5.91 Å². The van der Waals surface area contributed by atoms with Gasteiger partial charge in [-0.2, -0.15) is 0 Å². The van der Waals surface area contributed by atoms with Gasteiger partial charge >= 0.3 is 0 Å². The number of rotatable bonds is 3.